The molecule has 2 bridgehead atoms. The summed E-state index contributed by atoms with van der Waals surface area (Å²) in [6.07, 6.45) is 5.47. The van der Waals surface area contributed by atoms with Gasteiger partial charge in [-0.05, 0) is 38.7 Å². The second kappa shape index (κ2) is 9.07. The van der Waals surface area contributed by atoms with Gasteiger partial charge < -0.3 is 15.3 Å². The van der Waals surface area contributed by atoms with Crippen molar-refractivity contribution in [1.29, 1.82) is 0 Å². The van der Waals surface area contributed by atoms with E-state index in [1.165, 1.54) is 20.3 Å². The highest BCUT2D eigenvalue weighted by Gasteiger charge is 2.43. The number of hydrogen-bond acceptors (Lipinski definition) is 7. The number of nitrogens with zero attached hydrogens (tertiary/aromatic N) is 7. The van der Waals surface area contributed by atoms with Crippen LogP contribution in [0, 0.1) is 6.92 Å². The number of nitrogens with one attached hydrogen (secondary N) is 1. The molecular formula is C25H29ClN8O4S. The molecule has 12 nitrogen and oxygen atoms in total. The summed E-state index contributed by atoms with van der Waals surface area (Å²) in [5.41, 5.74) is 3.24. The van der Waals surface area contributed by atoms with E-state index in [2.05, 4.69) is 15.3 Å². The highest BCUT2D eigenvalue weighted by Crippen LogP contribution is 2.42. The van der Waals surface area contributed by atoms with E-state index in [9.17, 15) is 18.3 Å². The molecule has 5 heterocycles. The van der Waals surface area contributed by atoms with E-state index < -0.39 is 16.3 Å². The smallest absolute Gasteiger partial charge is 0.404 e. The summed E-state index contributed by atoms with van der Waals surface area (Å²) in [7, 11) is 0.815. The number of carbonyl (C=O) groups is 1. The predicted octanol–water partition coefficient (Wildman–Crippen LogP) is 3.37. The van der Waals surface area contributed by atoms with Crippen molar-refractivity contribution in [3.8, 4) is 11.1 Å². The van der Waals surface area contributed by atoms with Gasteiger partial charge in [0.25, 0.3) is 0 Å². The number of fused-ring (bicyclic) bond motifs is 4. The molecular weight excluding hydrogens is 544 g/mol. The Morgan fingerprint density at radius 1 is 1.13 bits per heavy atom. The van der Waals surface area contributed by atoms with Crippen LogP contribution < -0.4 is 10.2 Å². The van der Waals surface area contributed by atoms with Gasteiger partial charge in [-0.3, -0.25) is 4.68 Å². The zero-order valence-corrected chi connectivity index (χ0v) is 23.5. The Kier molecular flexibility index (Phi) is 6.01. The van der Waals surface area contributed by atoms with Crippen LogP contribution in [0.2, 0.25) is 5.02 Å². The van der Waals surface area contributed by atoms with Crippen LogP contribution in [0.25, 0.3) is 33.2 Å². The number of benzene rings is 1. The van der Waals surface area contributed by atoms with Gasteiger partial charge in [-0.15, -0.1) is 0 Å². The fraction of sp³-hybridized carbons (Fsp3) is 0.440. The van der Waals surface area contributed by atoms with Crippen LogP contribution in [-0.2, 0) is 17.3 Å². The number of anilines is 1. The number of amides is 1. The van der Waals surface area contributed by atoms with Crippen LogP contribution in [0.5, 0.6) is 0 Å². The van der Waals surface area contributed by atoms with Gasteiger partial charge in [0.1, 0.15) is 5.52 Å². The Balaban J connectivity index is 1.53. The van der Waals surface area contributed by atoms with E-state index >= 15 is 0 Å². The Morgan fingerprint density at radius 2 is 1.82 bits per heavy atom. The second-order valence-corrected chi connectivity index (χ2v) is 12.9. The largest absolute Gasteiger partial charge is 0.465 e. The van der Waals surface area contributed by atoms with Crippen molar-refractivity contribution in [3.05, 3.63) is 35.2 Å². The Morgan fingerprint density at radius 3 is 2.46 bits per heavy atom. The lowest BCUT2D eigenvalue weighted by Gasteiger charge is -2.40. The van der Waals surface area contributed by atoms with Gasteiger partial charge in [0, 0.05) is 68.2 Å². The van der Waals surface area contributed by atoms with Crippen molar-refractivity contribution in [2.24, 2.45) is 7.05 Å². The molecule has 206 valence electrons. The van der Waals surface area contributed by atoms with Gasteiger partial charge in [0.2, 0.25) is 0 Å². The fourth-order valence-corrected chi connectivity index (χ4v) is 7.32. The zero-order chi connectivity index (χ0) is 27.8. The summed E-state index contributed by atoms with van der Waals surface area (Å²) in [6, 6.07) is 3.72. The predicted molar refractivity (Wildman–Crippen MR) is 148 cm³/mol. The number of rotatable bonds is 5. The zero-order valence-electron chi connectivity index (χ0n) is 22.0. The average Bonchev–Trinajstić information content (AvgIpc) is 3.50. The lowest BCUT2D eigenvalue weighted by atomic mass is 9.97. The first-order valence-corrected chi connectivity index (χ1v) is 14.5. The summed E-state index contributed by atoms with van der Waals surface area (Å²) >= 11 is 6.84. The first-order valence-electron chi connectivity index (χ1n) is 12.7. The molecule has 4 aromatic rings. The van der Waals surface area contributed by atoms with Gasteiger partial charge in [-0.1, -0.05) is 17.7 Å². The highest BCUT2D eigenvalue weighted by atomic mass is 35.5. The molecule has 2 aliphatic rings. The van der Waals surface area contributed by atoms with E-state index in [-0.39, 0.29) is 23.8 Å². The van der Waals surface area contributed by atoms with Gasteiger partial charge in [0.15, 0.2) is 11.5 Å². The van der Waals surface area contributed by atoms with Crippen LogP contribution in [-0.4, -0.2) is 79.9 Å². The molecule has 0 saturated carbocycles. The first-order chi connectivity index (χ1) is 18.5. The molecule has 2 fully saturated rings. The summed E-state index contributed by atoms with van der Waals surface area (Å²) in [5, 5.41) is 17.5. The van der Waals surface area contributed by atoms with E-state index in [0.29, 0.717) is 46.0 Å². The van der Waals surface area contributed by atoms with E-state index in [4.69, 9.17) is 21.6 Å². The normalized spacial score (nSPS) is 21.4. The average molecular weight is 573 g/mol. The van der Waals surface area contributed by atoms with Gasteiger partial charge in [0.05, 0.1) is 16.2 Å². The van der Waals surface area contributed by atoms with Crippen molar-refractivity contribution in [1.82, 2.24) is 33.3 Å². The molecule has 1 amide bonds. The molecule has 39 heavy (non-hydrogen) atoms. The summed E-state index contributed by atoms with van der Waals surface area (Å²) in [4.78, 5) is 23.3. The van der Waals surface area contributed by atoms with Crippen molar-refractivity contribution >= 4 is 55.8 Å². The number of hydrogen-bond donors (Lipinski definition) is 2. The van der Waals surface area contributed by atoms with Crippen molar-refractivity contribution < 1.29 is 18.3 Å². The SMILES string of the molecule is Cc1nc2c(-c3ccc4nn(C)cc4c3Cl)cn(S(=O)(=O)N(C)C)c2nc1N1[C@@H]2CC[C@H]1C[C@@H](NC(=O)O)C2. The lowest BCUT2D eigenvalue weighted by molar-refractivity contribution is 0.185. The molecule has 0 spiro atoms. The first kappa shape index (κ1) is 25.8. The maximum atomic E-state index is 13.4. The molecule has 2 saturated heterocycles. The van der Waals surface area contributed by atoms with Crippen LogP contribution >= 0.6 is 11.6 Å². The van der Waals surface area contributed by atoms with Gasteiger partial charge in [-0.25, -0.2) is 18.7 Å². The minimum atomic E-state index is -3.94. The van der Waals surface area contributed by atoms with Crippen molar-refractivity contribution in [2.45, 2.75) is 50.7 Å². The molecule has 14 heteroatoms. The quantitative estimate of drug-likeness (QED) is 0.371. The van der Waals surface area contributed by atoms with E-state index in [1.54, 1.807) is 4.68 Å². The summed E-state index contributed by atoms with van der Waals surface area (Å²) in [6.45, 7) is 1.87. The summed E-state index contributed by atoms with van der Waals surface area (Å²) in [5.74, 6) is 0.623. The van der Waals surface area contributed by atoms with Crippen LogP contribution in [0.4, 0.5) is 10.6 Å². The van der Waals surface area contributed by atoms with Gasteiger partial charge >= 0.3 is 16.3 Å². The van der Waals surface area contributed by atoms with Crippen LogP contribution in [0.3, 0.4) is 0 Å². The molecule has 0 radical (unpaired) electrons. The minimum absolute atomic E-state index is 0.0850. The van der Waals surface area contributed by atoms with Crippen molar-refractivity contribution in [2.75, 3.05) is 19.0 Å². The minimum Gasteiger partial charge on any atom is -0.465 e. The Hall–Kier alpha value is -3.42. The standard InChI is InChI=1S/C25H29ClN8O4S/c1-13-23(34-15-5-6-16(34)10-14(9-15)28-25(35)36)29-24-22(27-13)18(12-33(24)39(37,38)31(2)3)17-7-8-20-19(21(17)26)11-32(4)30-20/h7-8,11-12,14-16,28H,5-6,9-10H2,1-4H3,(H,35,36)/t14-,15+,16-. The third-order valence-corrected chi connectivity index (χ3v) is 9.89. The molecule has 6 rings (SSSR count). The maximum absolute atomic E-state index is 13.4. The Labute approximate surface area is 230 Å². The van der Waals surface area contributed by atoms with E-state index in [1.807, 2.05) is 32.3 Å². The summed E-state index contributed by atoms with van der Waals surface area (Å²) < 4.78 is 30.9. The topological polar surface area (TPSA) is 138 Å². The maximum Gasteiger partial charge on any atom is 0.404 e. The molecule has 3 atom stereocenters. The number of piperidine rings is 1. The van der Waals surface area contributed by atoms with Gasteiger partial charge in [-0.2, -0.15) is 17.8 Å². The molecule has 2 aliphatic heterocycles. The third kappa shape index (κ3) is 4.10. The van der Waals surface area contributed by atoms with Crippen LogP contribution in [0.15, 0.2) is 24.5 Å². The fourth-order valence-electron chi connectivity index (χ4n) is 6.07. The number of carboxylic acid groups (broad SMARTS) is 1. The Bertz CT molecular complexity index is 1730. The monoisotopic (exact) mass is 572 g/mol. The number of halogens is 1. The number of aryl methyl sites for hydroxylation is 2. The molecule has 3 aromatic heterocycles. The molecule has 0 aliphatic carbocycles. The third-order valence-electron chi connectivity index (χ3n) is 7.78. The second-order valence-electron chi connectivity index (χ2n) is 10.5. The molecule has 0 unspecified atom stereocenters. The molecule has 2 N–H and O–H groups in total. The van der Waals surface area contributed by atoms with E-state index in [0.717, 1.165) is 32.0 Å². The van der Waals surface area contributed by atoms with Crippen LogP contribution in [0.1, 0.15) is 31.4 Å². The number of aromatic nitrogens is 5. The lowest BCUT2D eigenvalue weighted by Crippen LogP contribution is -2.50. The van der Waals surface area contributed by atoms with Crippen molar-refractivity contribution in [3.63, 3.8) is 0 Å². The molecule has 1 aromatic carbocycles. The highest BCUT2D eigenvalue weighted by molar-refractivity contribution is 7.87.